The molecule has 0 saturated carbocycles. The maximum absolute atomic E-state index is 12.6. The van der Waals surface area contributed by atoms with E-state index in [9.17, 15) is 4.79 Å². The quantitative estimate of drug-likeness (QED) is 0.917. The molecule has 2 unspecified atom stereocenters. The fraction of sp³-hybridized carbons (Fsp3) is 0.588. The fourth-order valence-electron chi connectivity index (χ4n) is 3.13. The van der Waals surface area contributed by atoms with Crippen LogP contribution in [-0.2, 0) is 11.2 Å². The van der Waals surface area contributed by atoms with Gasteiger partial charge in [-0.3, -0.25) is 4.79 Å². The third-order valence-corrected chi connectivity index (χ3v) is 4.60. The second-order valence-electron chi connectivity index (χ2n) is 5.88. The number of piperidine rings is 1. The minimum Gasteiger partial charge on any atom is -0.338 e. The molecule has 1 aromatic rings. The molecule has 1 aliphatic rings. The average Bonchev–Trinajstić information content (AvgIpc) is 2.48. The van der Waals surface area contributed by atoms with Gasteiger partial charge in [0.25, 0.3) is 0 Å². The van der Waals surface area contributed by atoms with E-state index in [0.717, 1.165) is 30.9 Å². The van der Waals surface area contributed by atoms with Crippen molar-refractivity contribution in [2.75, 3.05) is 13.1 Å². The van der Waals surface area contributed by atoms with E-state index in [2.05, 4.69) is 19.9 Å². The Morgan fingerprint density at radius 1 is 1.40 bits per heavy atom. The summed E-state index contributed by atoms with van der Waals surface area (Å²) in [7, 11) is 0. The summed E-state index contributed by atoms with van der Waals surface area (Å²) in [5, 5.41) is 0. The highest BCUT2D eigenvalue weighted by Gasteiger charge is 2.29. The number of aryl methyl sites for hydroxylation is 1. The molecule has 1 fully saturated rings. The van der Waals surface area contributed by atoms with Crippen molar-refractivity contribution in [2.45, 2.75) is 45.6 Å². The molecule has 2 atom stereocenters. The number of benzene rings is 1. The Balaban J connectivity index is 2.03. The first-order valence-electron chi connectivity index (χ1n) is 7.69. The molecule has 0 radical (unpaired) electrons. The second kappa shape index (κ2) is 6.89. The molecule has 0 aliphatic carbocycles. The van der Waals surface area contributed by atoms with Gasteiger partial charge in [-0.1, -0.05) is 37.6 Å². The maximum Gasteiger partial charge on any atom is 0.227 e. The Morgan fingerprint density at radius 2 is 2.15 bits per heavy atom. The van der Waals surface area contributed by atoms with Crippen LogP contribution in [0.1, 0.15) is 37.3 Å². The van der Waals surface area contributed by atoms with E-state index >= 15 is 0 Å². The van der Waals surface area contributed by atoms with Crippen molar-refractivity contribution >= 4 is 5.91 Å². The molecule has 3 nitrogen and oxygen atoms in total. The van der Waals surface area contributed by atoms with E-state index in [1.165, 1.54) is 12.0 Å². The van der Waals surface area contributed by atoms with Crippen molar-refractivity contribution in [1.82, 2.24) is 4.90 Å². The summed E-state index contributed by atoms with van der Waals surface area (Å²) < 4.78 is 0. The van der Waals surface area contributed by atoms with Gasteiger partial charge in [0, 0.05) is 19.1 Å². The first kappa shape index (κ1) is 15.0. The van der Waals surface area contributed by atoms with Crippen LogP contribution in [0.2, 0.25) is 0 Å². The van der Waals surface area contributed by atoms with Crippen LogP contribution >= 0.6 is 0 Å². The molecule has 0 aromatic heterocycles. The van der Waals surface area contributed by atoms with Gasteiger partial charge in [-0.15, -0.1) is 0 Å². The molecule has 2 N–H and O–H groups in total. The summed E-state index contributed by atoms with van der Waals surface area (Å²) in [6.45, 7) is 5.73. The van der Waals surface area contributed by atoms with Crippen molar-refractivity contribution in [2.24, 2.45) is 11.7 Å². The number of nitrogens with two attached hydrogens (primary N) is 1. The lowest BCUT2D eigenvalue weighted by molar-refractivity contribution is -0.134. The molecule has 20 heavy (non-hydrogen) atoms. The van der Waals surface area contributed by atoms with Crippen LogP contribution in [0.5, 0.6) is 0 Å². The van der Waals surface area contributed by atoms with Crippen molar-refractivity contribution in [3.8, 4) is 0 Å². The number of hydrogen-bond acceptors (Lipinski definition) is 2. The lowest BCUT2D eigenvalue weighted by Gasteiger charge is -2.39. The molecule has 0 spiro atoms. The van der Waals surface area contributed by atoms with E-state index in [4.69, 9.17) is 5.73 Å². The molecule has 1 saturated heterocycles. The highest BCUT2D eigenvalue weighted by atomic mass is 16.2. The van der Waals surface area contributed by atoms with E-state index in [-0.39, 0.29) is 11.9 Å². The van der Waals surface area contributed by atoms with E-state index < -0.39 is 0 Å². The molecule has 110 valence electrons. The summed E-state index contributed by atoms with van der Waals surface area (Å²) >= 11 is 0. The third kappa shape index (κ3) is 3.40. The third-order valence-electron chi connectivity index (χ3n) is 4.60. The molecule has 1 aromatic carbocycles. The maximum atomic E-state index is 12.6. The van der Waals surface area contributed by atoms with Crippen molar-refractivity contribution < 1.29 is 4.79 Å². The van der Waals surface area contributed by atoms with Crippen molar-refractivity contribution in [1.29, 1.82) is 0 Å². The Bertz CT molecular complexity index is 458. The topological polar surface area (TPSA) is 46.3 Å². The van der Waals surface area contributed by atoms with Crippen molar-refractivity contribution in [3.63, 3.8) is 0 Å². The largest absolute Gasteiger partial charge is 0.338 e. The summed E-state index contributed by atoms with van der Waals surface area (Å²) in [5.41, 5.74) is 8.20. The SMILES string of the molecule is CCC1CCN(C(=O)Cc2ccccc2C)C(CN)C1. The lowest BCUT2D eigenvalue weighted by Crippen LogP contribution is -2.50. The summed E-state index contributed by atoms with van der Waals surface area (Å²) in [6.07, 6.45) is 3.87. The van der Waals surface area contributed by atoms with Crippen LogP contribution in [0.25, 0.3) is 0 Å². The Morgan fingerprint density at radius 3 is 2.80 bits per heavy atom. The molecule has 1 aliphatic heterocycles. The normalized spacial score (nSPS) is 22.9. The van der Waals surface area contributed by atoms with E-state index in [1.54, 1.807) is 0 Å². The van der Waals surface area contributed by atoms with Crippen LogP contribution in [0.4, 0.5) is 0 Å². The molecule has 0 bridgehead atoms. The van der Waals surface area contributed by atoms with Gasteiger partial charge < -0.3 is 10.6 Å². The lowest BCUT2D eigenvalue weighted by atomic mass is 9.88. The minimum atomic E-state index is 0.226. The van der Waals surface area contributed by atoms with Crippen molar-refractivity contribution in [3.05, 3.63) is 35.4 Å². The minimum absolute atomic E-state index is 0.226. The van der Waals surface area contributed by atoms with Gasteiger partial charge in [0.05, 0.1) is 6.42 Å². The van der Waals surface area contributed by atoms with Gasteiger partial charge >= 0.3 is 0 Å². The number of carbonyl (C=O) groups is 1. The highest BCUT2D eigenvalue weighted by molar-refractivity contribution is 5.79. The predicted molar refractivity (Wildman–Crippen MR) is 82.5 cm³/mol. The number of likely N-dealkylation sites (tertiary alicyclic amines) is 1. The van der Waals surface area contributed by atoms with Gasteiger partial charge in [0.15, 0.2) is 0 Å². The van der Waals surface area contributed by atoms with Gasteiger partial charge in [0.1, 0.15) is 0 Å². The highest BCUT2D eigenvalue weighted by Crippen LogP contribution is 2.25. The monoisotopic (exact) mass is 274 g/mol. The van der Waals surface area contributed by atoms with Gasteiger partial charge in [-0.25, -0.2) is 0 Å². The van der Waals surface area contributed by atoms with Crippen LogP contribution in [0.3, 0.4) is 0 Å². The van der Waals surface area contributed by atoms with Gasteiger partial charge in [0.2, 0.25) is 5.91 Å². The molecule has 2 rings (SSSR count). The first-order chi connectivity index (χ1) is 9.65. The molecule has 1 amide bonds. The standard InChI is InChI=1S/C17H26N2O/c1-3-14-8-9-19(16(10-14)12-18)17(20)11-15-7-5-4-6-13(15)2/h4-7,14,16H,3,8-12,18H2,1-2H3. The van der Waals surface area contributed by atoms with Crippen LogP contribution in [0, 0.1) is 12.8 Å². The zero-order valence-corrected chi connectivity index (χ0v) is 12.6. The number of carbonyl (C=O) groups excluding carboxylic acids is 1. The van der Waals surface area contributed by atoms with E-state index in [0.29, 0.717) is 13.0 Å². The Labute approximate surface area is 122 Å². The summed E-state index contributed by atoms with van der Waals surface area (Å²) in [5.74, 6) is 0.954. The molecular formula is C17H26N2O. The Kier molecular flexibility index (Phi) is 5.18. The predicted octanol–water partition coefficient (Wildman–Crippen LogP) is 2.51. The van der Waals surface area contributed by atoms with Gasteiger partial charge in [-0.2, -0.15) is 0 Å². The van der Waals surface area contributed by atoms with Gasteiger partial charge in [-0.05, 0) is 36.8 Å². The zero-order valence-electron chi connectivity index (χ0n) is 12.6. The summed E-state index contributed by atoms with van der Waals surface area (Å²) in [6, 6.07) is 8.35. The molecule has 1 heterocycles. The number of nitrogens with zero attached hydrogens (tertiary/aromatic N) is 1. The number of amides is 1. The molecule has 3 heteroatoms. The molecular weight excluding hydrogens is 248 g/mol. The average molecular weight is 274 g/mol. The zero-order chi connectivity index (χ0) is 14.5. The van der Waals surface area contributed by atoms with E-state index in [1.807, 2.05) is 23.1 Å². The van der Waals surface area contributed by atoms with Crippen LogP contribution in [0.15, 0.2) is 24.3 Å². The Hall–Kier alpha value is -1.35. The fourth-order valence-corrected chi connectivity index (χ4v) is 3.13. The smallest absolute Gasteiger partial charge is 0.227 e. The van der Waals surface area contributed by atoms with Crippen LogP contribution < -0.4 is 5.73 Å². The number of hydrogen-bond donors (Lipinski definition) is 1. The number of rotatable bonds is 4. The second-order valence-corrected chi connectivity index (χ2v) is 5.88. The summed E-state index contributed by atoms with van der Waals surface area (Å²) in [4.78, 5) is 14.6. The first-order valence-corrected chi connectivity index (χ1v) is 7.69. The van der Waals surface area contributed by atoms with Crippen LogP contribution in [-0.4, -0.2) is 29.9 Å².